The fourth-order valence-electron chi connectivity index (χ4n) is 2.36. The Morgan fingerprint density at radius 1 is 0.632 bits per heavy atom. The van der Waals surface area contributed by atoms with Crippen LogP contribution in [-0.2, 0) is 19.3 Å². The average molecular weight is 254 g/mol. The van der Waals surface area contributed by atoms with Gasteiger partial charge in [0.05, 0.1) is 0 Å². The van der Waals surface area contributed by atoms with E-state index in [9.17, 15) is 0 Å². The molecule has 0 aliphatic heterocycles. The molecule has 0 heteroatoms. The van der Waals surface area contributed by atoms with Crippen molar-refractivity contribution in [3.8, 4) is 0 Å². The van der Waals surface area contributed by atoms with Gasteiger partial charge in [-0.25, -0.2) is 0 Å². The van der Waals surface area contributed by atoms with Crippen LogP contribution in [0, 0.1) is 0 Å². The lowest BCUT2D eigenvalue weighted by Gasteiger charge is -2.11. The topological polar surface area (TPSA) is 0 Å². The van der Waals surface area contributed by atoms with Crippen LogP contribution in [0.4, 0.5) is 0 Å². The Morgan fingerprint density at radius 2 is 1.16 bits per heavy atom. The third-order valence-corrected chi connectivity index (χ3v) is 3.29. The van der Waals surface area contributed by atoms with Crippen LogP contribution in [0.15, 0.2) is 54.6 Å². The van der Waals surface area contributed by atoms with Crippen LogP contribution in [0.5, 0.6) is 0 Å². The van der Waals surface area contributed by atoms with Crippen molar-refractivity contribution in [1.29, 1.82) is 0 Å². The molecule has 0 aliphatic carbocycles. The summed E-state index contributed by atoms with van der Waals surface area (Å²) in [5.41, 5.74) is 4.68. The standard InChI is InChI=1S/C13H20.C6H6/c1-4-8-12-10-7-9-11(5-2)13(12)6-3;1-2-4-6-5-3-1/h7,9-10H,4-6,8H2,1-3H3;1-6H. The maximum atomic E-state index is 2.28. The van der Waals surface area contributed by atoms with E-state index in [0.29, 0.717) is 0 Å². The van der Waals surface area contributed by atoms with E-state index in [0.717, 1.165) is 0 Å². The molecule has 0 atom stereocenters. The third kappa shape index (κ3) is 5.30. The Kier molecular flexibility index (Phi) is 7.65. The first-order valence-electron chi connectivity index (χ1n) is 7.43. The first kappa shape index (κ1) is 15.5. The minimum Gasteiger partial charge on any atom is -0.0651 e. The molecule has 0 radical (unpaired) electrons. The number of hydrogen-bond acceptors (Lipinski definition) is 0. The molecule has 0 aromatic heterocycles. The monoisotopic (exact) mass is 254 g/mol. The molecule has 2 rings (SSSR count). The van der Waals surface area contributed by atoms with E-state index < -0.39 is 0 Å². The van der Waals surface area contributed by atoms with Crippen molar-refractivity contribution < 1.29 is 0 Å². The van der Waals surface area contributed by atoms with E-state index in [2.05, 4.69) is 39.0 Å². The summed E-state index contributed by atoms with van der Waals surface area (Å²) in [6.07, 6.45) is 4.83. The normalized spacial score (nSPS) is 9.63. The van der Waals surface area contributed by atoms with Crippen LogP contribution in [0.25, 0.3) is 0 Å². The Balaban J connectivity index is 0.000000250. The summed E-state index contributed by atoms with van der Waals surface area (Å²) in [6, 6.07) is 18.7. The second-order valence-corrected chi connectivity index (χ2v) is 4.67. The van der Waals surface area contributed by atoms with E-state index in [1.165, 1.54) is 31.2 Å². The minimum atomic E-state index is 1.17. The smallest absolute Gasteiger partial charge is 0.0279 e. The van der Waals surface area contributed by atoms with E-state index >= 15 is 0 Å². The number of hydrogen-bond donors (Lipinski definition) is 0. The third-order valence-electron chi connectivity index (χ3n) is 3.29. The molecule has 0 bridgehead atoms. The van der Waals surface area contributed by atoms with Gasteiger partial charge in [-0.1, -0.05) is 81.8 Å². The van der Waals surface area contributed by atoms with Gasteiger partial charge in [-0.15, -0.1) is 0 Å². The summed E-state index contributed by atoms with van der Waals surface area (Å²) in [4.78, 5) is 0. The highest BCUT2D eigenvalue weighted by atomic mass is 14.1. The summed E-state index contributed by atoms with van der Waals surface area (Å²) in [5, 5.41) is 0. The molecular formula is C19H26. The predicted molar refractivity (Wildman–Crippen MR) is 85.6 cm³/mol. The molecule has 0 saturated heterocycles. The number of rotatable bonds is 4. The minimum absolute atomic E-state index is 1.17. The lowest BCUT2D eigenvalue weighted by Crippen LogP contribution is -1.97. The molecule has 0 spiro atoms. The summed E-state index contributed by atoms with van der Waals surface area (Å²) in [5.74, 6) is 0. The van der Waals surface area contributed by atoms with Crippen molar-refractivity contribution in [2.45, 2.75) is 46.5 Å². The molecule has 0 N–H and O–H groups in total. The van der Waals surface area contributed by atoms with Gasteiger partial charge in [0.1, 0.15) is 0 Å². The lowest BCUT2D eigenvalue weighted by molar-refractivity contribution is 0.887. The van der Waals surface area contributed by atoms with E-state index in [4.69, 9.17) is 0 Å². The summed E-state index contributed by atoms with van der Waals surface area (Å²) >= 11 is 0. The fourth-order valence-corrected chi connectivity index (χ4v) is 2.36. The molecule has 102 valence electrons. The zero-order valence-electron chi connectivity index (χ0n) is 12.5. The van der Waals surface area contributed by atoms with Crippen LogP contribution in [-0.4, -0.2) is 0 Å². The van der Waals surface area contributed by atoms with Gasteiger partial charge >= 0.3 is 0 Å². The highest BCUT2D eigenvalue weighted by molar-refractivity contribution is 5.35. The highest BCUT2D eigenvalue weighted by Crippen LogP contribution is 2.17. The van der Waals surface area contributed by atoms with Gasteiger partial charge in [0.2, 0.25) is 0 Å². The Bertz CT molecular complexity index is 416. The quantitative estimate of drug-likeness (QED) is 0.680. The van der Waals surface area contributed by atoms with Crippen LogP contribution in [0.2, 0.25) is 0 Å². The zero-order chi connectivity index (χ0) is 13.9. The van der Waals surface area contributed by atoms with Gasteiger partial charge < -0.3 is 0 Å². The predicted octanol–water partition coefficient (Wildman–Crippen LogP) is 5.45. The van der Waals surface area contributed by atoms with Gasteiger partial charge in [-0.05, 0) is 36.0 Å². The Morgan fingerprint density at radius 3 is 1.58 bits per heavy atom. The Labute approximate surface area is 118 Å². The first-order valence-corrected chi connectivity index (χ1v) is 7.43. The molecule has 2 aromatic carbocycles. The number of benzene rings is 2. The van der Waals surface area contributed by atoms with Crippen LogP contribution >= 0.6 is 0 Å². The molecule has 0 aliphatic rings. The zero-order valence-corrected chi connectivity index (χ0v) is 12.5. The van der Waals surface area contributed by atoms with Gasteiger partial charge in [0.25, 0.3) is 0 Å². The fraction of sp³-hybridized carbons (Fsp3) is 0.368. The second kappa shape index (κ2) is 9.38. The van der Waals surface area contributed by atoms with Gasteiger partial charge in [0, 0.05) is 0 Å². The van der Waals surface area contributed by atoms with E-state index in [-0.39, 0.29) is 0 Å². The second-order valence-electron chi connectivity index (χ2n) is 4.67. The maximum Gasteiger partial charge on any atom is -0.0279 e. The summed E-state index contributed by atoms with van der Waals surface area (Å²) < 4.78 is 0. The van der Waals surface area contributed by atoms with Crippen molar-refractivity contribution in [1.82, 2.24) is 0 Å². The molecule has 0 heterocycles. The van der Waals surface area contributed by atoms with Gasteiger partial charge in [0.15, 0.2) is 0 Å². The van der Waals surface area contributed by atoms with Crippen molar-refractivity contribution in [3.63, 3.8) is 0 Å². The molecule has 0 nitrogen and oxygen atoms in total. The van der Waals surface area contributed by atoms with Crippen molar-refractivity contribution in [2.75, 3.05) is 0 Å². The molecule has 2 aromatic rings. The maximum absolute atomic E-state index is 2.28. The molecular weight excluding hydrogens is 228 g/mol. The number of aryl methyl sites for hydroxylation is 2. The summed E-state index contributed by atoms with van der Waals surface area (Å²) in [6.45, 7) is 6.75. The van der Waals surface area contributed by atoms with Gasteiger partial charge in [-0.2, -0.15) is 0 Å². The molecule has 19 heavy (non-hydrogen) atoms. The van der Waals surface area contributed by atoms with Crippen LogP contribution in [0.1, 0.15) is 43.9 Å². The Hall–Kier alpha value is -1.56. The van der Waals surface area contributed by atoms with Crippen molar-refractivity contribution in [3.05, 3.63) is 71.3 Å². The SMILES string of the molecule is CCCc1cccc(CC)c1CC.c1ccccc1. The average Bonchev–Trinajstić information content (AvgIpc) is 2.49. The highest BCUT2D eigenvalue weighted by Gasteiger charge is 2.03. The molecule has 0 amide bonds. The van der Waals surface area contributed by atoms with Crippen LogP contribution < -0.4 is 0 Å². The lowest BCUT2D eigenvalue weighted by atomic mass is 9.95. The van der Waals surface area contributed by atoms with Crippen molar-refractivity contribution >= 4 is 0 Å². The summed E-state index contributed by atoms with van der Waals surface area (Å²) in [7, 11) is 0. The van der Waals surface area contributed by atoms with Gasteiger partial charge in [-0.3, -0.25) is 0 Å². The largest absolute Gasteiger partial charge is 0.0651 e. The molecule has 0 unspecified atom stereocenters. The van der Waals surface area contributed by atoms with Crippen molar-refractivity contribution in [2.24, 2.45) is 0 Å². The molecule has 0 fully saturated rings. The van der Waals surface area contributed by atoms with E-state index in [1.807, 2.05) is 36.4 Å². The van der Waals surface area contributed by atoms with E-state index in [1.54, 1.807) is 11.1 Å². The first-order chi connectivity index (χ1) is 9.33. The van der Waals surface area contributed by atoms with Crippen LogP contribution in [0.3, 0.4) is 0 Å². The molecule has 0 saturated carbocycles.